The van der Waals surface area contributed by atoms with Crippen LogP contribution < -0.4 is 10.1 Å². The summed E-state index contributed by atoms with van der Waals surface area (Å²) >= 11 is 0. The van der Waals surface area contributed by atoms with Crippen LogP contribution in [-0.4, -0.2) is 59.3 Å². The van der Waals surface area contributed by atoms with E-state index in [9.17, 15) is 19.5 Å². The van der Waals surface area contributed by atoms with Crippen LogP contribution in [0.25, 0.3) is 11.0 Å². The summed E-state index contributed by atoms with van der Waals surface area (Å²) in [5.74, 6) is -1.93. The molecule has 0 spiro atoms. The minimum atomic E-state index is -1.33. The van der Waals surface area contributed by atoms with Gasteiger partial charge in [-0.15, -0.1) is 0 Å². The second kappa shape index (κ2) is 12.6. The lowest BCUT2D eigenvalue weighted by Gasteiger charge is -2.22. The average Bonchev–Trinajstić information content (AvgIpc) is 3.20. The van der Waals surface area contributed by atoms with Crippen molar-refractivity contribution in [1.82, 2.24) is 14.9 Å². The molecule has 1 unspecified atom stereocenters. The van der Waals surface area contributed by atoms with Gasteiger partial charge in [-0.05, 0) is 50.6 Å². The van der Waals surface area contributed by atoms with Crippen LogP contribution in [-0.2, 0) is 27.4 Å². The van der Waals surface area contributed by atoms with Gasteiger partial charge in [-0.2, -0.15) is 0 Å². The monoisotopic (exact) mass is 573 g/mol. The molecule has 0 bridgehead atoms. The Hall–Kier alpha value is -3.77. The summed E-state index contributed by atoms with van der Waals surface area (Å²) in [6, 6.07) is 5.20. The summed E-state index contributed by atoms with van der Waals surface area (Å²) in [7, 11) is -1.26. The molecule has 10 nitrogen and oxygen atoms in total. The van der Waals surface area contributed by atoms with Crippen molar-refractivity contribution in [1.29, 1.82) is 0 Å². The summed E-state index contributed by atoms with van der Waals surface area (Å²) in [5, 5.41) is 12.2. The predicted molar refractivity (Wildman–Crippen MR) is 150 cm³/mol. The van der Waals surface area contributed by atoms with Crippen LogP contribution in [0, 0.1) is 5.82 Å². The van der Waals surface area contributed by atoms with Gasteiger partial charge >= 0.3 is 12.1 Å². The third-order valence-corrected chi connectivity index (χ3v) is 7.45. The van der Waals surface area contributed by atoms with E-state index < -0.39 is 37.6 Å². The molecule has 0 fully saturated rings. The number of amides is 1. The van der Waals surface area contributed by atoms with Crippen molar-refractivity contribution in [2.24, 2.45) is 0 Å². The molecule has 2 heterocycles. The van der Waals surface area contributed by atoms with Gasteiger partial charge in [0.15, 0.2) is 17.9 Å². The standard InChI is InChI=1S/C28H36FN3O7Si/c1-28(2,3)39-27(36)31-21(26(34)35)14-18-7-8-22(20(29)13-18)38-23-9-10-30-25-24(23)19(16-33)15-32(25)17-37-11-12-40(4,5)6/h7-10,13,15-16,21H,11-12,14,17H2,1-6H3,(H,31,36)(H,34,35). The molecule has 12 heteroatoms. The number of fused-ring (bicyclic) bond motifs is 1. The number of aldehydes is 1. The number of rotatable bonds is 12. The number of aliphatic carboxylic acids is 1. The molecule has 0 aliphatic carbocycles. The van der Waals surface area contributed by atoms with E-state index in [1.54, 1.807) is 31.5 Å². The molecule has 0 radical (unpaired) electrons. The number of carbonyl (C=O) groups excluding carboxylic acids is 2. The van der Waals surface area contributed by atoms with Gasteiger partial charge in [-0.25, -0.2) is 19.0 Å². The quantitative estimate of drug-likeness (QED) is 0.162. The van der Waals surface area contributed by atoms with Crippen molar-refractivity contribution in [3.8, 4) is 11.5 Å². The molecule has 0 saturated heterocycles. The summed E-state index contributed by atoms with van der Waals surface area (Å²) in [4.78, 5) is 39.9. The highest BCUT2D eigenvalue weighted by Gasteiger charge is 2.25. The number of ether oxygens (including phenoxy) is 3. The zero-order chi connectivity index (χ0) is 29.7. The summed E-state index contributed by atoms with van der Waals surface area (Å²) in [6.45, 7) is 12.5. The normalized spacial score (nSPS) is 12.7. The molecule has 216 valence electrons. The van der Waals surface area contributed by atoms with Crippen LogP contribution in [0.1, 0.15) is 36.7 Å². The van der Waals surface area contributed by atoms with E-state index >= 15 is 4.39 Å². The Balaban J connectivity index is 1.78. The van der Waals surface area contributed by atoms with E-state index in [-0.39, 0.29) is 24.7 Å². The summed E-state index contributed by atoms with van der Waals surface area (Å²) < 4.78 is 33.6. The van der Waals surface area contributed by atoms with Crippen molar-refractivity contribution >= 4 is 37.5 Å². The Morgan fingerprint density at radius 1 is 1.20 bits per heavy atom. The minimum Gasteiger partial charge on any atom is -0.480 e. The molecule has 0 saturated carbocycles. The Kier molecular flexibility index (Phi) is 9.69. The highest BCUT2D eigenvalue weighted by atomic mass is 28.3. The molecule has 2 aromatic heterocycles. The summed E-state index contributed by atoms with van der Waals surface area (Å²) in [6.07, 6.45) is 2.73. The molecule has 0 aliphatic heterocycles. The lowest BCUT2D eigenvalue weighted by atomic mass is 10.1. The number of benzene rings is 1. The molecular formula is C28H36FN3O7Si. The first-order valence-corrected chi connectivity index (χ1v) is 16.6. The SMILES string of the molecule is CC(C)(C)OC(=O)NC(Cc1ccc(Oc2ccnc3c2c(C=O)cn3COCC[Si](C)(C)C)c(F)c1)C(=O)O. The maximum Gasteiger partial charge on any atom is 0.408 e. The van der Waals surface area contributed by atoms with Crippen LogP contribution in [0.3, 0.4) is 0 Å². The Morgan fingerprint density at radius 3 is 2.52 bits per heavy atom. The van der Waals surface area contributed by atoms with E-state index in [2.05, 4.69) is 29.9 Å². The van der Waals surface area contributed by atoms with Crippen molar-refractivity contribution < 1.29 is 38.1 Å². The maximum atomic E-state index is 15.1. The topological polar surface area (TPSA) is 129 Å². The lowest BCUT2D eigenvalue weighted by molar-refractivity contribution is -0.139. The Morgan fingerprint density at radius 2 is 1.93 bits per heavy atom. The number of pyridine rings is 1. The van der Waals surface area contributed by atoms with Crippen LogP contribution >= 0.6 is 0 Å². The minimum absolute atomic E-state index is 0.126. The predicted octanol–water partition coefficient (Wildman–Crippen LogP) is 5.61. The fraction of sp³-hybridized carbons (Fsp3) is 0.429. The first-order valence-electron chi connectivity index (χ1n) is 12.9. The van der Waals surface area contributed by atoms with Gasteiger partial charge in [0, 0.05) is 39.1 Å². The van der Waals surface area contributed by atoms with Crippen molar-refractivity contribution in [3.63, 3.8) is 0 Å². The molecule has 1 aromatic carbocycles. The van der Waals surface area contributed by atoms with E-state index in [0.29, 0.717) is 35.1 Å². The largest absolute Gasteiger partial charge is 0.480 e. The number of nitrogens with zero attached hydrogens (tertiary/aromatic N) is 2. The molecule has 3 aromatic rings. The molecular weight excluding hydrogens is 537 g/mol. The first kappa shape index (κ1) is 30.8. The van der Waals surface area contributed by atoms with Crippen molar-refractivity contribution in [3.05, 3.63) is 53.6 Å². The number of halogens is 1. The molecule has 1 atom stereocenters. The number of carboxylic acid groups (broad SMARTS) is 1. The number of hydrogen-bond acceptors (Lipinski definition) is 7. The van der Waals surface area contributed by atoms with E-state index in [1.165, 1.54) is 24.4 Å². The van der Waals surface area contributed by atoms with E-state index in [0.717, 1.165) is 12.1 Å². The molecule has 0 aliphatic rings. The second-order valence-electron chi connectivity index (χ2n) is 11.6. The third-order valence-electron chi connectivity index (χ3n) is 5.75. The lowest BCUT2D eigenvalue weighted by Crippen LogP contribution is -2.44. The smallest absolute Gasteiger partial charge is 0.408 e. The number of hydrogen-bond donors (Lipinski definition) is 2. The van der Waals surface area contributed by atoms with E-state index in [4.69, 9.17) is 14.2 Å². The summed E-state index contributed by atoms with van der Waals surface area (Å²) in [5.41, 5.74) is 0.300. The van der Waals surface area contributed by atoms with Crippen molar-refractivity contribution in [2.45, 2.75) is 71.3 Å². The molecule has 2 N–H and O–H groups in total. The Bertz CT molecular complexity index is 1380. The highest BCUT2D eigenvalue weighted by Crippen LogP contribution is 2.33. The zero-order valence-corrected chi connectivity index (χ0v) is 24.6. The first-order chi connectivity index (χ1) is 18.7. The van der Waals surface area contributed by atoms with Crippen LogP contribution in [0.2, 0.25) is 25.7 Å². The molecule has 1 amide bonds. The second-order valence-corrected chi connectivity index (χ2v) is 17.3. The third kappa shape index (κ3) is 8.62. The average molecular weight is 574 g/mol. The van der Waals surface area contributed by atoms with Crippen LogP contribution in [0.4, 0.5) is 9.18 Å². The highest BCUT2D eigenvalue weighted by molar-refractivity contribution is 6.76. The number of alkyl carbamates (subject to hydrolysis) is 1. The number of carboxylic acids is 1. The molecule has 3 rings (SSSR count). The van der Waals surface area contributed by atoms with Gasteiger partial charge < -0.3 is 29.2 Å². The fourth-order valence-electron chi connectivity index (χ4n) is 3.79. The maximum absolute atomic E-state index is 15.1. The van der Waals surface area contributed by atoms with Gasteiger partial charge in [0.1, 0.15) is 29.8 Å². The van der Waals surface area contributed by atoms with Gasteiger partial charge in [0.05, 0.1) is 5.39 Å². The van der Waals surface area contributed by atoms with Gasteiger partial charge in [0.25, 0.3) is 0 Å². The fourth-order valence-corrected chi connectivity index (χ4v) is 4.55. The number of nitrogens with one attached hydrogen (secondary N) is 1. The van der Waals surface area contributed by atoms with Crippen molar-refractivity contribution in [2.75, 3.05) is 6.61 Å². The number of aromatic nitrogens is 2. The number of carbonyl (C=O) groups is 3. The van der Waals surface area contributed by atoms with E-state index in [1.807, 2.05) is 0 Å². The zero-order valence-electron chi connectivity index (χ0n) is 23.6. The van der Waals surface area contributed by atoms with Gasteiger partial charge in [0.2, 0.25) is 0 Å². The Labute approximate surface area is 233 Å². The van der Waals surface area contributed by atoms with Gasteiger partial charge in [-0.3, -0.25) is 4.79 Å². The van der Waals surface area contributed by atoms with Gasteiger partial charge in [-0.1, -0.05) is 25.7 Å². The van der Waals surface area contributed by atoms with Crippen LogP contribution in [0.5, 0.6) is 11.5 Å². The molecule has 40 heavy (non-hydrogen) atoms. The van der Waals surface area contributed by atoms with Crippen LogP contribution in [0.15, 0.2) is 36.7 Å².